The number of ether oxygens (including phenoxy) is 1. The molecule has 0 saturated carbocycles. The average molecular weight is 1740 g/mol. The predicted octanol–water partition coefficient (Wildman–Crippen LogP) is 15.0. The summed E-state index contributed by atoms with van der Waals surface area (Å²) in [5.41, 5.74) is -11.1. The largest absolute Gasteiger partial charge is 3.00 e. The molecule has 7 rings (SSSR count). The zero-order chi connectivity index (χ0) is 79.5. The van der Waals surface area contributed by atoms with Gasteiger partial charge in [-0.25, -0.2) is 17.6 Å². The number of halogens is 25. The Morgan fingerprint density at radius 3 is 0.990 bits per heavy atom. The Labute approximate surface area is 610 Å². The molecule has 1 radical (unpaired) electrons. The minimum Gasteiger partial charge on any atom is -0.385 e. The number of hydrogen-bond donors (Lipinski definition) is 2. The van der Waals surface area contributed by atoms with E-state index in [-0.39, 0.29) is 82.0 Å². The molecule has 0 spiro atoms. The molecular weight excluding hydrogens is 1690 g/mol. The number of hydrogen-bond acceptors (Lipinski definition) is 14. The first-order valence-electron chi connectivity index (χ1n) is 26.9. The van der Waals surface area contributed by atoms with Crippen LogP contribution < -0.4 is 5.32 Å². The third kappa shape index (κ3) is 32.2. The van der Waals surface area contributed by atoms with Crippen LogP contribution in [0.25, 0.3) is 0 Å². The molecule has 1 aliphatic rings. The summed E-state index contributed by atoms with van der Waals surface area (Å²) in [5.74, 6) is -5.91. The molecule has 579 valence electrons. The topological polar surface area (TPSA) is 233 Å². The second kappa shape index (κ2) is 43.0. The van der Waals surface area contributed by atoms with Crippen molar-refractivity contribution >= 4 is 43.4 Å². The number of epoxide rings is 1. The molecule has 2 N–H and O–H groups in total. The second-order valence-electron chi connectivity index (χ2n) is 20.8. The van der Waals surface area contributed by atoms with Gasteiger partial charge < -0.3 is 54.7 Å². The van der Waals surface area contributed by atoms with Crippen molar-refractivity contribution in [2.24, 2.45) is 0 Å². The number of rotatable bonds is 17. The number of aliphatic hydroxyl groups is 1. The standard InChI is InChI=1S/C30H29F8NO2.C27H20F8O2.3CF3.3O3S.Yb/c1-18(2)39-26(28(41,29(33,34)35)30(36,37)38)25(40)17-27(16-20-7-5-4-6-8-20,21-9-11-23(31)12-10-21)22-13-19(3)14-24(32)15-22;1-16-11-19(13-21(29)12-16)24(14-17-5-3-2-4-6-17,18-7-9-20(28)10-8-18)15-22(36)23-25(37-23,26(30,31)32)27(33,34)35;3*2-1(3)4;3*1-4(2)3;/h4-15,18,26,39,41H,16-17H2,1-3H3;2-13,23H,14-15H2,1H3;;;;;;;/q;;3*-1;;;;+3/t26-,27-;23-,24-;;;;;;;/m11......./s1. The predicted molar refractivity (Wildman–Crippen MR) is 304 cm³/mol. The molecular formula is C60H49F25NO13S3Yb. The number of ketones is 2. The molecule has 43 heteroatoms. The van der Waals surface area contributed by atoms with E-state index in [0.717, 1.165) is 36.4 Å². The maximum Gasteiger partial charge on any atom is 3.00 e. The molecule has 0 amide bonds. The summed E-state index contributed by atoms with van der Waals surface area (Å²) >= 11 is 0. The van der Waals surface area contributed by atoms with Crippen LogP contribution in [0.3, 0.4) is 0 Å². The zero-order valence-electron chi connectivity index (χ0n) is 51.7. The quantitative estimate of drug-likeness (QED) is 0.0491. The van der Waals surface area contributed by atoms with Crippen molar-refractivity contribution in [3.63, 3.8) is 0 Å². The Bertz CT molecular complexity index is 3800. The molecule has 103 heavy (non-hydrogen) atoms. The Morgan fingerprint density at radius 1 is 0.466 bits per heavy atom. The SMILES string of the molecule is Cc1cc(F)cc([C@@](CC(=O)[C@@H](NC(C)C)C(O)(C(F)(F)F)C(F)(F)F)(Cc2ccccc2)c2ccc(F)cc2)c1.Cc1cc(F)cc([C@@](CC(=O)[C@H]2OC2(C(F)(F)F)C(F)(F)F)(Cc2ccccc2)c2ccc(F)cc2)c1.F[C-](F)F.F[C-](F)F.F[C-](F)F.O=S(=O)=O.O=S(=O)=O.O=S(=O)=O.[Yb+3]. The third-order valence-corrected chi connectivity index (χ3v) is 13.5. The molecule has 1 aliphatic heterocycles. The summed E-state index contributed by atoms with van der Waals surface area (Å²) in [7, 11) is -9.33. The molecule has 6 aromatic rings. The van der Waals surface area contributed by atoms with Crippen molar-refractivity contribution in [2.75, 3.05) is 0 Å². The maximum atomic E-state index is 14.8. The van der Waals surface area contributed by atoms with Gasteiger partial charge in [-0.1, -0.05) is 111 Å². The van der Waals surface area contributed by atoms with Gasteiger partial charge in [0.1, 0.15) is 29.3 Å². The summed E-state index contributed by atoms with van der Waals surface area (Å²) in [5, 5.41) is 12.3. The van der Waals surface area contributed by atoms with E-state index in [0.29, 0.717) is 22.3 Å². The number of alkyl halides is 12. The van der Waals surface area contributed by atoms with E-state index in [1.54, 1.807) is 67.6 Å². The van der Waals surface area contributed by atoms with Gasteiger partial charge in [-0.2, -0.15) is 52.7 Å². The normalized spacial score (nSPS) is 14.5. The van der Waals surface area contributed by atoms with Gasteiger partial charge in [0.25, 0.3) is 11.2 Å². The Morgan fingerprint density at radius 2 is 0.748 bits per heavy atom. The molecule has 4 atom stereocenters. The molecule has 0 aliphatic carbocycles. The van der Waals surface area contributed by atoms with Crippen LogP contribution in [-0.2, 0) is 69.8 Å². The summed E-state index contributed by atoms with van der Waals surface area (Å²) in [6, 6.07) is 28.9. The Kier molecular flexibility index (Phi) is 41.0. The van der Waals surface area contributed by atoms with Crippen molar-refractivity contribution < 1.29 is 214 Å². The van der Waals surface area contributed by atoms with Gasteiger partial charge in [0.2, 0.25) is 0 Å². The van der Waals surface area contributed by atoms with Gasteiger partial charge in [0, 0.05) is 29.7 Å². The van der Waals surface area contributed by atoms with Crippen molar-refractivity contribution in [1.29, 1.82) is 0 Å². The molecule has 0 bridgehead atoms. The monoisotopic (exact) mass is 1740 g/mol. The fraction of sp³-hybridized carbons (Fsp3) is 0.317. The Balaban J connectivity index is 0. The fourth-order valence-electron chi connectivity index (χ4n) is 9.82. The number of Topliss-reactive ketones (excluding diaryl/α,β-unsaturated/α-hetero) is 2. The molecule has 1 fully saturated rings. The summed E-state index contributed by atoms with van der Waals surface area (Å²) in [6.07, 6.45) is -29.4. The Hall–Kier alpha value is -6.83. The first kappa shape index (κ1) is 98.2. The van der Waals surface area contributed by atoms with Crippen LogP contribution in [0.4, 0.5) is 110 Å². The van der Waals surface area contributed by atoms with E-state index in [9.17, 15) is 124 Å². The van der Waals surface area contributed by atoms with E-state index in [2.05, 4.69) is 4.74 Å². The van der Waals surface area contributed by atoms with Gasteiger partial charge in [-0.3, -0.25) is 9.59 Å². The van der Waals surface area contributed by atoms with Crippen LogP contribution in [0.5, 0.6) is 0 Å². The van der Waals surface area contributed by atoms with E-state index in [1.807, 2.05) is 5.32 Å². The van der Waals surface area contributed by atoms with E-state index < -0.39 is 164 Å². The number of aryl methyl sites for hydroxylation is 2. The van der Waals surface area contributed by atoms with Crippen molar-refractivity contribution in [3.8, 4) is 0 Å². The van der Waals surface area contributed by atoms with Crippen molar-refractivity contribution in [2.45, 2.75) is 118 Å². The van der Waals surface area contributed by atoms with Crippen molar-refractivity contribution in [1.82, 2.24) is 5.32 Å². The third-order valence-electron chi connectivity index (χ3n) is 13.5. The number of carbonyl (C=O) groups is 2. The minimum absolute atomic E-state index is 0. The van der Waals surface area contributed by atoms with Crippen LogP contribution >= 0.6 is 0 Å². The second-order valence-corrected chi connectivity index (χ2v) is 22.0. The van der Waals surface area contributed by atoms with Crippen LogP contribution in [0.2, 0.25) is 0 Å². The molecule has 14 nitrogen and oxygen atoms in total. The summed E-state index contributed by atoms with van der Waals surface area (Å²) in [6.45, 7) is -3.72. The minimum atomic E-state index is -6.29. The molecule has 1 heterocycles. The number of carbonyl (C=O) groups excluding carboxylic acids is 2. The average Bonchev–Trinajstić information content (AvgIpc) is 1.54. The smallest absolute Gasteiger partial charge is 0.385 e. The van der Waals surface area contributed by atoms with Crippen LogP contribution in [0, 0.1) is 104 Å². The van der Waals surface area contributed by atoms with Crippen LogP contribution in [-0.4, -0.2) is 109 Å². The molecule has 0 unspecified atom stereocenters. The van der Waals surface area contributed by atoms with Crippen molar-refractivity contribution in [3.05, 3.63) is 233 Å². The van der Waals surface area contributed by atoms with Gasteiger partial charge in [-0.05, 0) is 120 Å². The number of benzene rings is 6. The summed E-state index contributed by atoms with van der Waals surface area (Å²) in [4.78, 5) is 27.0. The van der Waals surface area contributed by atoms with E-state index in [4.69, 9.17) is 37.9 Å². The van der Waals surface area contributed by atoms with E-state index in [1.165, 1.54) is 69.3 Å². The zero-order valence-corrected chi connectivity index (χ0v) is 55.9. The van der Waals surface area contributed by atoms with Crippen LogP contribution in [0.1, 0.15) is 71.2 Å². The number of nitrogens with one attached hydrogen (secondary N) is 1. The maximum absolute atomic E-state index is 14.8. The fourth-order valence-corrected chi connectivity index (χ4v) is 9.82. The van der Waals surface area contributed by atoms with E-state index >= 15 is 0 Å². The molecule has 0 aromatic heterocycles. The first-order chi connectivity index (χ1) is 46.5. The summed E-state index contributed by atoms with van der Waals surface area (Å²) < 4.78 is 388. The molecule has 1 saturated heterocycles. The molecule has 6 aromatic carbocycles. The van der Waals surface area contributed by atoms with Gasteiger partial charge in [-0.15, -0.1) is 37.9 Å². The van der Waals surface area contributed by atoms with Gasteiger partial charge in [0.05, 0.1) is 0 Å². The first-order valence-corrected chi connectivity index (χ1v) is 29.9. The van der Waals surface area contributed by atoms with Gasteiger partial charge >= 0.3 is 103 Å². The van der Waals surface area contributed by atoms with Crippen LogP contribution in [0.15, 0.2) is 146 Å². The van der Waals surface area contributed by atoms with Gasteiger partial charge in [0.15, 0.2) is 37.7 Å².